The highest BCUT2D eigenvalue weighted by Gasteiger charge is 2.49. The fourth-order valence-corrected chi connectivity index (χ4v) is 3.75. The topological polar surface area (TPSA) is 49.4 Å². The van der Waals surface area contributed by atoms with Gasteiger partial charge in [-0.15, -0.1) is 0 Å². The number of hydrogen-bond donors (Lipinski definition) is 1. The first-order valence-electron chi connectivity index (χ1n) is 9.57. The van der Waals surface area contributed by atoms with Gasteiger partial charge in [-0.2, -0.15) is 0 Å². The number of carbonyl (C=O) groups excluding carboxylic acids is 2. The van der Waals surface area contributed by atoms with Crippen molar-refractivity contribution in [1.29, 1.82) is 0 Å². The number of nitrogens with zero attached hydrogens (tertiary/aromatic N) is 1. The molecule has 2 atom stereocenters. The second kappa shape index (κ2) is 7.19. The average Bonchev–Trinajstić information content (AvgIpc) is 3.38. The van der Waals surface area contributed by atoms with Crippen LogP contribution in [0, 0.1) is 11.8 Å². The monoisotopic (exact) mass is 342 g/mol. The number of carbonyl (C=O) groups is 2. The van der Waals surface area contributed by atoms with Crippen LogP contribution >= 0.6 is 0 Å². The van der Waals surface area contributed by atoms with E-state index in [4.69, 9.17) is 0 Å². The maximum Gasteiger partial charge on any atom is 0.228 e. The minimum absolute atomic E-state index is 0.00938. The summed E-state index contributed by atoms with van der Waals surface area (Å²) in [5.41, 5.74) is 1.96. The molecule has 0 aromatic heterocycles. The summed E-state index contributed by atoms with van der Waals surface area (Å²) in [6.07, 6.45) is 5.30. The predicted octanol–water partition coefficient (Wildman–Crippen LogP) is 3.96. The van der Waals surface area contributed by atoms with Gasteiger partial charge in [0.05, 0.1) is 11.8 Å². The molecule has 0 bridgehead atoms. The molecule has 3 rings (SSSR count). The predicted molar refractivity (Wildman–Crippen MR) is 100 cm³/mol. The van der Waals surface area contributed by atoms with Gasteiger partial charge in [0.25, 0.3) is 0 Å². The van der Waals surface area contributed by atoms with Gasteiger partial charge in [-0.25, -0.2) is 0 Å². The second-order valence-electron chi connectivity index (χ2n) is 8.47. The maximum absolute atomic E-state index is 12.7. The van der Waals surface area contributed by atoms with Gasteiger partial charge >= 0.3 is 0 Å². The minimum Gasteiger partial charge on any atom is -0.342 e. The van der Waals surface area contributed by atoms with E-state index >= 15 is 0 Å². The summed E-state index contributed by atoms with van der Waals surface area (Å²) >= 11 is 0. The molecule has 1 heterocycles. The summed E-state index contributed by atoms with van der Waals surface area (Å²) in [5, 5.41) is 3.07. The Hall–Kier alpha value is -1.84. The van der Waals surface area contributed by atoms with E-state index in [1.165, 1.54) is 12.8 Å². The largest absolute Gasteiger partial charge is 0.342 e. The zero-order valence-electron chi connectivity index (χ0n) is 15.7. The highest BCUT2D eigenvalue weighted by molar-refractivity contribution is 6.00. The van der Waals surface area contributed by atoms with E-state index in [1.54, 1.807) is 0 Å². The summed E-state index contributed by atoms with van der Waals surface area (Å²) in [4.78, 5) is 27.3. The van der Waals surface area contributed by atoms with Crippen molar-refractivity contribution in [2.75, 3.05) is 18.4 Å². The number of nitrogens with one attached hydrogen (secondary N) is 1. The Kier molecular flexibility index (Phi) is 5.16. The van der Waals surface area contributed by atoms with Crippen LogP contribution in [-0.2, 0) is 15.0 Å². The molecule has 25 heavy (non-hydrogen) atoms. The lowest BCUT2D eigenvalue weighted by Crippen LogP contribution is -2.34. The van der Waals surface area contributed by atoms with Crippen LogP contribution < -0.4 is 5.32 Å². The number of likely N-dealkylation sites (tertiary alicyclic amines) is 1. The van der Waals surface area contributed by atoms with E-state index in [9.17, 15) is 9.59 Å². The first kappa shape index (κ1) is 18.0. The molecule has 2 aliphatic rings. The van der Waals surface area contributed by atoms with Crippen LogP contribution in [0.5, 0.6) is 0 Å². The summed E-state index contributed by atoms with van der Waals surface area (Å²) in [5.74, 6) is -0.0975. The van der Waals surface area contributed by atoms with Gasteiger partial charge in [0.2, 0.25) is 11.8 Å². The third-order valence-corrected chi connectivity index (χ3v) is 5.36. The molecule has 1 aromatic carbocycles. The molecule has 0 spiro atoms. The number of para-hydroxylation sites is 1. The molecule has 1 N–H and O–H groups in total. The highest BCUT2D eigenvalue weighted by Crippen LogP contribution is 2.41. The van der Waals surface area contributed by atoms with Crippen molar-refractivity contribution in [3.8, 4) is 0 Å². The molecule has 2 unspecified atom stereocenters. The summed E-state index contributed by atoms with van der Waals surface area (Å²) in [6.45, 7) is 8.13. The van der Waals surface area contributed by atoms with E-state index in [-0.39, 0.29) is 29.1 Å². The molecule has 2 fully saturated rings. The Morgan fingerprint density at radius 2 is 1.64 bits per heavy atom. The van der Waals surface area contributed by atoms with Crippen LogP contribution in [0.15, 0.2) is 24.3 Å². The Bertz CT molecular complexity index is 640. The first-order chi connectivity index (χ1) is 11.9. The molecule has 136 valence electrons. The van der Waals surface area contributed by atoms with Gasteiger partial charge in [0.15, 0.2) is 0 Å². The van der Waals surface area contributed by atoms with Gasteiger partial charge in [-0.05, 0) is 36.3 Å². The fraction of sp³-hybridized carbons (Fsp3) is 0.619. The van der Waals surface area contributed by atoms with Crippen LogP contribution in [-0.4, -0.2) is 29.8 Å². The molecule has 1 saturated carbocycles. The number of anilines is 1. The number of hydrogen-bond acceptors (Lipinski definition) is 2. The van der Waals surface area contributed by atoms with Crippen LogP contribution in [0.3, 0.4) is 0 Å². The SMILES string of the molecule is CC(C)(C)c1ccccc1NC(=O)C1CC1C(=O)N1CCCCCC1. The van der Waals surface area contributed by atoms with Crippen LogP contribution in [0.2, 0.25) is 0 Å². The summed E-state index contributed by atoms with van der Waals surface area (Å²) in [7, 11) is 0. The van der Waals surface area contributed by atoms with Crippen molar-refractivity contribution >= 4 is 17.5 Å². The second-order valence-corrected chi connectivity index (χ2v) is 8.47. The van der Waals surface area contributed by atoms with Crippen molar-refractivity contribution in [2.24, 2.45) is 11.8 Å². The van der Waals surface area contributed by atoms with E-state index in [0.717, 1.165) is 37.2 Å². The van der Waals surface area contributed by atoms with E-state index < -0.39 is 0 Å². The van der Waals surface area contributed by atoms with Crippen molar-refractivity contribution in [3.63, 3.8) is 0 Å². The number of benzene rings is 1. The Morgan fingerprint density at radius 1 is 1.00 bits per heavy atom. The van der Waals surface area contributed by atoms with E-state index in [0.29, 0.717) is 6.42 Å². The molecule has 4 heteroatoms. The molecule has 1 saturated heterocycles. The standard InChI is InChI=1S/C21H30N2O2/c1-21(2,3)17-10-6-7-11-18(17)22-19(24)15-14-16(15)20(25)23-12-8-4-5-9-13-23/h6-7,10-11,15-16H,4-5,8-9,12-14H2,1-3H3,(H,22,24). The van der Waals surface area contributed by atoms with Crippen molar-refractivity contribution in [1.82, 2.24) is 4.90 Å². The zero-order chi connectivity index (χ0) is 18.0. The van der Waals surface area contributed by atoms with E-state index in [2.05, 4.69) is 32.2 Å². The Morgan fingerprint density at radius 3 is 2.28 bits per heavy atom. The molecule has 4 nitrogen and oxygen atoms in total. The van der Waals surface area contributed by atoms with Gasteiger partial charge in [-0.3, -0.25) is 9.59 Å². The summed E-state index contributed by atoms with van der Waals surface area (Å²) in [6, 6.07) is 7.95. The third kappa shape index (κ3) is 4.23. The lowest BCUT2D eigenvalue weighted by atomic mass is 9.86. The van der Waals surface area contributed by atoms with Crippen LogP contribution in [0.4, 0.5) is 5.69 Å². The third-order valence-electron chi connectivity index (χ3n) is 5.36. The van der Waals surface area contributed by atoms with Gasteiger partial charge in [0.1, 0.15) is 0 Å². The number of rotatable bonds is 3. The quantitative estimate of drug-likeness (QED) is 0.904. The van der Waals surface area contributed by atoms with Crippen LogP contribution in [0.25, 0.3) is 0 Å². The molecule has 1 aliphatic carbocycles. The Balaban J connectivity index is 1.62. The van der Waals surface area contributed by atoms with Crippen LogP contribution in [0.1, 0.15) is 58.4 Å². The molecular formula is C21H30N2O2. The molecule has 1 aliphatic heterocycles. The highest BCUT2D eigenvalue weighted by atomic mass is 16.2. The maximum atomic E-state index is 12.7. The lowest BCUT2D eigenvalue weighted by molar-refractivity contribution is -0.134. The minimum atomic E-state index is -0.163. The fourth-order valence-electron chi connectivity index (χ4n) is 3.75. The zero-order valence-corrected chi connectivity index (χ0v) is 15.7. The first-order valence-corrected chi connectivity index (χ1v) is 9.57. The normalized spacial score (nSPS) is 23.7. The van der Waals surface area contributed by atoms with Gasteiger partial charge in [-0.1, -0.05) is 51.8 Å². The Labute approximate surface area is 151 Å². The van der Waals surface area contributed by atoms with Crippen molar-refractivity contribution in [3.05, 3.63) is 29.8 Å². The van der Waals surface area contributed by atoms with Gasteiger partial charge < -0.3 is 10.2 Å². The average molecular weight is 342 g/mol. The van der Waals surface area contributed by atoms with Crippen molar-refractivity contribution in [2.45, 2.75) is 58.3 Å². The summed E-state index contributed by atoms with van der Waals surface area (Å²) < 4.78 is 0. The molecule has 0 radical (unpaired) electrons. The molecule has 1 aromatic rings. The lowest BCUT2D eigenvalue weighted by Gasteiger charge is -2.23. The van der Waals surface area contributed by atoms with E-state index in [1.807, 2.05) is 23.1 Å². The number of amides is 2. The molecular weight excluding hydrogens is 312 g/mol. The smallest absolute Gasteiger partial charge is 0.228 e. The van der Waals surface area contributed by atoms with Crippen molar-refractivity contribution < 1.29 is 9.59 Å². The molecule has 2 amide bonds. The van der Waals surface area contributed by atoms with Gasteiger partial charge in [0, 0.05) is 18.8 Å².